The Bertz CT molecular complexity index is 716. The largest absolute Gasteiger partial charge is 0.377 e. The molecule has 2 rings (SSSR count). The van der Waals surface area contributed by atoms with Crippen molar-refractivity contribution in [3.8, 4) is 0 Å². The molecule has 0 heterocycles. The van der Waals surface area contributed by atoms with Crippen LogP contribution in [0.15, 0.2) is 60.7 Å². The third-order valence-corrected chi connectivity index (χ3v) is 4.36. The van der Waals surface area contributed by atoms with Crippen LogP contribution >= 0.6 is 0 Å². The highest BCUT2D eigenvalue weighted by molar-refractivity contribution is 7.85. The van der Waals surface area contributed by atoms with Gasteiger partial charge in [0, 0.05) is 6.61 Å². The molecule has 0 spiro atoms. The zero-order valence-corrected chi connectivity index (χ0v) is 15.9. The third kappa shape index (κ3) is 9.10. The van der Waals surface area contributed by atoms with Crippen molar-refractivity contribution in [2.24, 2.45) is 0 Å². The molecule has 26 heavy (non-hydrogen) atoms. The van der Waals surface area contributed by atoms with E-state index in [1.165, 1.54) is 0 Å². The topological polar surface area (TPSA) is 61.8 Å². The standard InChI is InChI=1S/C20H26O5S/c1-26(21,22)25-15-13-20(24-17-19-10-6-3-7-11-19)12-14-23-16-18-8-4-2-5-9-18/h2-11,20H,12-17H2,1H3. The van der Waals surface area contributed by atoms with Crippen molar-refractivity contribution in [1.82, 2.24) is 0 Å². The lowest BCUT2D eigenvalue weighted by atomic mass is 10.2. The minimum Gasteiger partial charge on any atom is -0.377 e. The number of rotatable bonds is 12. The average Bonchev–Trinajstić information content (AvgIpc) is 2.63. The van der Waals surface area contributed by atoms with Gasteiger partial charge in [-0.15, -0.1) is 0 Å². The molecule has 6 heteroatoms. The van der Waals surface area contributed by atoms with Gasteiger partial charge in [0.2, 0.25) is 0 Å². The number of hydrogen-bond donors (Lipinski definition) is 0. The van der Waals surface area contributed by atoms with Crippen LogP contribution in [-0.2, 0) is 37.0 Å². The second kappa shape index (κ2) is 11.1. The van der Waals surface area contributed by atoms with E-state index < -0.39 is 10.1 Å². The highest BCUT2D eigenvalue weighted by Crippen LogP contribution is 2.11. The molecule has 2 aromatic rings. The molecule has 1 unspecified atom stereocenters. The van der Waals surface area contributed by atoms with E-state index in [-0.39, 0.29) is 12.7 Å². The van der Waals surface area contributed by atoms with Gasteiger partial charge >= 0.3 is 0 Å². The van der Waals surface area contributed by atoms with E-state index in [1.54, 1.807) is 0 Å². The van der Waals surface area contributed by atoms with Crippen LogP contribution < -0.4 is 0 Å². The van der Waals surface area contributed by atoms with E-state index in [0.717, 1.165) is 17.4 Å². The van der Waals surface area contributed by atoms with Crippen LogP contribution in [0.1, 0.15) is 24.0 Å². The highest BCUT2D eigenvalue weighted by atomic mass is 32.2. The Morgan fingerprint density at radius 1 is 0.808 bits per heavy atom. The molecule has 0 aromatic heterocycles. The van der Waals surface area contributed by atoms with Gasteiger partial charge in [0.1, 0.15) is 0 Å². The molecule has 0 fully saturated rings. The molecule has 0 N–H and O–H groups in total. The summed E-state index contributed by atoms with van der Waals surface area (Å²) in [5.41, 5.74) is 2.20. The summed E-state index contributed by atoms with van der Waals surface area (Å²) in [5, 5.41) is 0. The summed E-state index contributed by atoms with van der Waals surface area (Å²) in [6, 6.07) is 19.8. The van der Waals surface area contributed by atoms with E-state index in [4.69, 9.17) is 13.7 Å². The molecule has 0 aliphatic carbocycles. The van der Waals surface area contributed by atoms with Crippen molar-refractivity contribution in [3.63, 3.8) is 0 Å². The summed E-state index contributed by atoms with van der Waals surface area (Å²) in [4.78, 5) is 0. The van der Waals surface area contributed by atoms with Gasteiger partial charge < -0.3 is 9.47 Å². The van der Waals surface area contributed by atoms with Gasteiger partial charge in [-0.3, -0.25) is 4.18 Å². The lowest BCUT2D eigenvalue weighted by Crippen LogP contribution is -2.19. The Labute approximate surface area is 156 Å². The molecule has 2 aromatic carbocycles. The molecule has 0 amide bonds. The van der Waals surface area contributed by atoms with E-state index in [0.29, 0.717) is 32.7 Å². The molecule has 0 aliphatic heterocycles. The van der Waals surface area contributed by atoms with Crippen LogP contribution in [0.3, 0.4) is 0 Å². The Morgan fingerprint density at radius 2 is 1.35 bits per heavy atom. The molecular weight excluding hydrogens is 352 g/mol. The number of ether oxygens (including phenoxy) is 2. The fraction of sp³-hybridized carbons (Fsp3) is 0.400. The molecule has 5 nitrogen and oxygen atoms in total. The quantitative estimate of drug-likeness (QED) is 0.418. The number of hydrogen-bond acceptors (Lipinski definition) is 5. The Balaban J connectivity index is 1.77. The number of benzene rings is 2. The van der Waals surface area contributed by atoms with Gasteiger partial charge in [-0.25, -0.2) is 0 Å². The predicted octanol–water partition coefficient (Wildman–Crippen LogP) is 3.55. The van der Waals surface area contributed by atoms with Crippen LogP contribution in [0.25, 0.3) is 0 Å². The Kier molecular flexibility index (Phi) is 8.77. The summed E-state index contributed by atoms with van der Waals surface area (Å²) < 4.78 is 38.7. The van der Waals surface area contributed by atoms with E-state index in [1.807, 2.05) is 60.7 Å². The van der Waals surface area contributed by atoms with Gasteiger partial charge in [0.05, 0.1) is 32.2 Å². The first-order chi connectivity index (χ1) is 12.5. The van der Waals surface area contributed by atoms with Crippen molar-refractivity contribution < 1.29 is 22.1 Å². The lowest BCUT2D eigenvalue weighted by molar-refractivity contribution is -0.00126. The summed E-state index contributed by atoms with van der Waals surface area (Å²) in [5.74, 6) is 0. The first-order valence-corrected chi connectivity index (χ1v) is 10.5. The average molecular weight is 378 g/mol. The van der Waals surface area contributed by atoms with Crippen molar-refractivity contribution in [2.75, 3.05) is 19.5 Å². The zero-order chi connectivity index (χ0) is 18.7. The third-order valence-electron chi connectivity index (χ3n) is 3.76. The van der Waals surface area contributed by atoms with Gasteiger partial charge in [-0.1, -0.05) is 60.7 Å². The molecular formula is C20H26O5S. The second-order valence-corrected chi connectivity index (χ2v) is 7.70. The first-order valence-electron chi connectivity index (χ1n) is 8.64. The van der Waals surface area contributed by atoms with Crippen LogP contribution in [-0.4, -0.2) is 34.0 Å². The summed E-state index contributed by atoms with van der Waals surface area (Å²) in [6.07, 6.45) is 2.09. The van der Waals surface area contributed by atoms with Crippen molar-refractivity contribution in [3.05, 3.63) is 71.8 Å². The van der Waals surface area contributed by atoms with Crippen LogP contribution in [0.2, 0.25) is 0 Å². The maximum atomic E-state index is 11.1. The van der Waals surface area contributed by atoms with Gasteiger partial charge in [0.25, 0.3) is 10.1 Å². The van der Waals surface area contributed by atoms with Crippen molar-refractivity contribution in [2.45, 2.75) is 32.2 Å². The monoisotopic (exact) mass is 378 g/mol. The lowest BCUT2D eigenvalue weighted by Gasteiger charge is -2.18. The van der Waals surface area contributed by atoms with E-state index in [9.17, 15) is 8.42 Å². The Morgan fingerprint density at radius 3 is 1.92 bits per heavy atom. The van der Waals surface area contributed by atoms with Crippen molar-refractivity contribution >= 4 is 10.1 Å². The fourth-order valence-corrected chi connectivity index (χ4v) is 2.81. The molecule has 0 saturated carbocycles. The second-order valence-electron chi connectivity index (χ2n) is 6.06. The van der Waals surface area contributed by atoms with E-state index in [2.05, 4.69) is 0 Å². The fourth-order valence-electron chi connectivity index (χ4n) is 2.41. The van der Waals surface area contributed by atoms with Crippen LogP contribution in [0.5, 0.6) is 0 Å². The maximum absolute atomic E-state index is 11.1. The summed E-state index contributed by atoms with van der Waals surface area (Å²) >= 11 is 0. The molecule has 0 radical (unpaired) electrons. The van der Waals surface area contributed by atoms with Crippen molar-refractivity contribution in [1.29, 1.82) is 0 Å². The SMILES string of the molecule is CS(=O)(=O)OCCC(CCOCc1ccccc1)OCc1ccccc1. The summed E-state index contributed by atoms with van der Waals surface area (Å²) in [6.45, 7) is 1.67. The molecule has 0 saturated heterocycles. The summed E-state index contributed by atoms with van der Waals surface area (Å²) in [7, 11) is -3.43. The maximum Gasteiger partial charge on any atom is 0.264 e. The predicted molar refractivity (Wildman–Crippen MR) is 101 cm³/mol. The minimum atomic E-state index is -3.43. The van der Waals surface area contributed by atoms with E-state index >= 15 is 0 Å². The van der Waals surface area contributed by atoms with Gasteiger partial charge in [-0.05, 0) is 24.0 Å². The van der Waals surface area contributed by atoms with Crippen LogP contribution in [0, 0.1) is 0 Å². The van der Waals surface area contributed by atoms with Gasteiger partial charge in [0.15, 0.2) is 0 Å². The zero-order valence-electron chi connectivity index (χ0n) is 15.0. The van der Waals surface area contributed by atoms with Gasteiger partial charge in [-0.2, -0.15) is 8.42 Å². The molecule has 0 aliphatic rings. The highest BCUT2D eigenvalue weighted by Gasteiger charge is 2.12. The van der Waals surface area contributed by atoms with Crippen LogP contribution in [0.4, 0.5) is 0 Å². The minimum absolute atomic E-state index is 0.108. The first kappa shape index (κ1) is 20.6. The molecule has 1 atom stereocenters. The molecule has 0 bridgehead atoms. The molecule has 142 valence electrons. The normalized spacial score (nSPS) is 12.8. The Hall–Kier alpha value is -1.73. The smallest absolute Gasteiger partial charge is 0.264 e.